The molecular formula is C20H17N5O2S2. The number of thiophene rings is 2. The van der Waals surface area contributed by atoms with Gasteiger partial charge in [0.25, 0.3) is 5.56 Å². The minimum Gasteiger partial charge on any atom is -0.310 e. The zero-order valence-electron chi connectivity index (χ0n) is 15.3. The Bertz CT molecular complexity index is 1220. The van der Waals surface area contributed by atoms with Crippen molar-refractivity contribution in [2.45, 2.75) is 25.7 Å². The average molecular weight is 424 g/mol. The van der Waals surface area contributed by atoms with Gasteiger partial charge in [-0.3, -0.25) is 14.6 Å². The molecule has 0 bridgehead atoms. The molecule has 1 amide bonds. The minimum atomic E-state index is -0.144. The number of nitrogens with one attached hydrogen (secondary N) is 2. The second-order valence-corrected chi connectivity index (χ2v) is 8.76. The van der Waals surface area contributed by atoms with Crippen molar-refractivity contribution in [3.63, 3.8) is 0 Å². The van der Waals surface area contributed by atoms with Gasteiger partial charge in [0.15, 0.2) is 0 Å². The number of carbonyl (C=O) groups excluding carboxylic acids is 1. The lowest BCUT2D eigenvalue weighted by atomic mass is 10.3. The van der Waals surface area contributed by atoms with E-state index in [4.69, 9.17) is 0 Å². The second kappa shape index (κ2) is 7.41. The van der Waals surface area contributed by atoms with Gasteiger partial charge < -0.3 is 5.32 Å². The zero-order valence-corrected chi connectivity index (χ0v) is 17.0. The average Bonchev–Trinajstić information content (AvgIpc) is 3.48. The van der Waals surface area contributed by atoms with Crippen molar-refractivity contribution in [3.05, 3.63) is 67.6 Å². The number of fused-ring (bicyclic) bond motifs is 1. The molecule has 5 rings (SSSR count). The van der Waals surface area contributed by atoms with E-state index in [0.29, 0.717) is 11.8 Å². The van der Waals surface area contributed by atoms with Crippen LogP contribution in [0.1, 0.15) is 22.6 Å². The van der Waals surface area contributed by atoms with Crippen molar-refractivity contribution < 1.29 is 4.79 Å². The molecule has 1 aliphatic carbocycles. The highest BCUT2D eigenvalue weighted by atomic mass is 32.1. The van der Waals surface area contributed by atoms with E-state index in [1.807, 2.05) is 41.1 Å². The Hall–Kier alpha value is -3.04. The maximum absolute atomic E-state index is 12.6. The molecule has 0 radical (unpaired) electrons. The summed E-state index contributed by atoms with van der Waals surface area (Å²) in [4.78, 5) is 34.5. The highest BCUT2D eigenvalue weighted by Gasteiger charge is 2.21. The van der Waals surface area contributed by atoms with Crippen LogP contribution < -0.4 is 10.9 Å². The number of hydrogen-bond donors (Lipinski definition) is 2. The SMILES string of the molecule is O=C(Cc1cccs1)Nc1cc(-c2cccs2)nn1-c1nc2c(c(=O)[nH]1)CCC2. The molecule has 0 aromatic carbocycles. The fraction of sp³-hybridized carbons (Fsp3) is 0.200. The maximum atomic E-state index is 12.6. The van der Waals surface area contributed by atoms with E-state index in [0.717, 1.165) is 46.0 Å². The highest BCUT2D eigenvalue weighted by Crippen LogP contribution is 2.28. The van der Waals surface area contributed by atoms with Gasteiger partial charge in [-0.2, -0.15) is 9.78 Å². The summed E-state index contributed by atoms with van der Waals surface area (Å²) in [5, 5.41) is 11.5. The molecular weight excluding hydrogens is 406 g/mol. The molecule has 0 fully saturated rings. The standard InChI is InChI=1S/C20H17N5O2S2/c26-18(10-12-4-2-8-28-12)22-17-11-15(16-7-3-9-29-16)24-25(17)20-21-14-6-1-5-13(14)19(27)23-20/h2-4,7-9,11H,1,5-6,10H2,(H,22,26)(H,21,23,27). The fourth-order valence-electron chi connectivity index (χ4n) is 3.46. The molecule has 0 unspecified atom stereocenters. The molecule has 4 heterocycles. The smallest absolute Gasteiger partial charge is 0.255 e. The molecule has 4 aromatic rings. The Morgan fingerprint density at radius 1 is 1.21 bits per heavy atom. The molecule has 0 saturated heterocycles. The topological polar surface area (TPSA) is 92.7 Å². The van der Waals surface area contributed by atoms with Crippen LogP contribution in [-0.2, 0) is 24.1 Å². The Labute approximate surface area is 174 Å². The van der Waals surface area contributed by atoms with Gasteiger partial charge >= 0.3 is 0 Å². The quantitative estimate of drug-likeness (QED) is 0.514. The predicted molar refractivity (Wildman–Crippen MR) is 114 cm³/mol. The molecule has 0 saturated carbocycles. The van der Waals surface area contributed by atoms with Crippen molar-refractivity contribution in [2.75, 3.05) is 5.32 Å². The van der Waals surface area contributed by atoms with E-state index in [1.54, 1.807) is 11.3 Å². The molecule has 9 heteroatoms. The summed E-state index contributed by atoms with van der Waals surface area (Å²) in [6.45, 7) is 0. The first-order valence-electron chi connectivity index (χ1n) is 9.26. The van der Waals surface area contributed by atoms with Crippen LogP contribution in [0.5, 0.6) is 0 Å². The van der Waals surface area contributed by atoms with Gasteiger partial charge in [-0.05, 0) is 42.2 Å². The van der Waals surface area contributed by atoms with Crippen LogP contribution in [0.25, 0.3) is 16.5 Å². The summed E-state index contributed by atoms with van der Waals surface area (Å²) in [5.74, 6) is 0.663. The largest absolute Gasteiger partial charge is 0.310 e. The van der Waals surface area contributed by atoms with Crippen LogP contribution in [0.3, 0.4) is 0 Å². The number of amides is 1. The maximum Gasteiger partial charge on any atom is 0.255 e. The Morgan fingerprint density at radius 3 is 2.86 bits per heavy atom. The third-order valence-electron chi connectivity index (χ3n) is 4.79. The molecule has 29 heavy (non-hydrogen) atoms. The Kier molecular flexibility index (Phi) is 4.61. The molecule has 7 nitrogen and oxygen atoms in total. The third-order valence-corrected chi connectivity index (χ3v) is 6.56. The second-order valence-electron chi connectivity index (χ2n) is 6.78. The molecule has 146 valence electrons. The van der Waals surface area contributed by atoms with Crippen LogP contribution in [0.2, 0.25) is 0 Å². The Morgan fingerprint density at radius 2 is 2.07 bits per heavy atom. The molecule has 1 aliphatic rings. The highest BCUT2D eigenvalue weighted by molar-refractivity contribution is 7.13. The van der Waals surface area contributed by atoms with Crippen LogP contribution in [0.15, 0.2) is 45.9 Å². The zero-order chi connectivity index (χ0) is 19.8. The van der Waals surface area contributed by atoms with Gasteiger partial charge in [-0.1, -0.05) is 12.1 Å². The van der Waals surface area contributed by atoms with E-state index in [9.17, 15) is 9.59 Å². The van der Waals surface area contributed by atoms with Gasteiger partial charge in [-0.15, -0.1) is 22.7 Å². The number of aryl methyl sites for hydroxylation is 1. The van der Waals surface area contributed by atoms with E-state index >= 15 is 0 Å². The summed E-state index contributed by atoms with van der Waals surface area (Å²) in [6, 6.07) is 9.58. The van der Waals surface area contributed by atoms with Crippen molar-refractivity contribution in [1.82, 2.24) is 19.7 Å². The number of nitrogens with zero attached hydrogens (tertiary/aromatic N) is 3. The summed E-state index contributed by atoms with van der Waals surface area (Å²) < 4.78 is 1.52. The Balaban J connectivity index is 1.54. The summed E-state index contributed by atoms with van der Waals surface area (Å²) in [7, 11) is 0. The summed E-state index contributed by atoms with van der Waals surface area (Å²) >= 11 is 3.10. The van der Waals surface area contributed by atoms with E-state index in [1.165, 1.54) is 16.0 Å². The molecule has 0 aliphatic heterocycles. The van der Waals surface area contributed by atoms with Gasteiger partial charge in [0.1, 0.15) is 11.5 Å². The number of carbonyl (C=O) groups is 1. The van der Waals surface area contributed by atoms with E-state index in [2.05, 4.69) is 20.4 Å². The van der Waals surface area contributed by atoms with E-state index < -0.39 is 0 Å². The molecule has 2 N–H and O–H groups in total. The molecule has 4 aromatic heterocycles. The monoisotopic (exact) mass is 423 g/mol. The van der Waals surface area contributed by atoms with Crippen molar-refractivity contribution >= 4 is 34.4 Å². The van der Waals surface area contributed by atoms with Gasteiger partial charge in [-0.25, -0.2) is 4.98 Å². The number of aromatic nitrogens is 4. The first kappa shape index (κ1) is 18.0. The predicted octanol–water partition coefficient (Wildman–Crippen LogP) is 3.42. The van der Waals surface area contributed by atoms with Crippen molar-refractivity contribution in [2.24, 2.45) is 0 Å². The fourth-order valence-corrected chi connectivity index (χ4v) is 4.85. The number of hydrogen-bond acceptors (Lipinski definition) is 6. The number of H-pyrrole nitrogens is 1. The van der Waals surface area contributed by atoms with Crippen molar-refractivity contribution in [1.29, 1.82) is 0 Å². The lowest BCUT2D eigenvalue weighted by Crippen LogP contribution is -2.21. The van der Waals surface area contributed by atoms with Crippen LogP contribution in [-0.4, -0.2) is 25.7 Å². The van der Waals surface area contributed by atoms with Crippen LogP contribution in [0.4, 0.5) is 5.82 Å². The number of aromatic amines is 1. The lowest BCUT2D eigenvalue weighted by molar-refractivity contribution is -0.115. The molecule has 0 atom stereocenters. The first-order valence-corrected chi connectivity index (χ1v) is 11.0. The normalized spacial score (nSPS) is 12.8. The van der Waals surface area contributed by atoms with E-state index in [-0.39, 0.29) is 17.9 Å². The minimum absolute atomic E-state index is 0.133. The van der Waals surface area contributed by atoms with Crippen LogP contribution >= 0.6 is 22.7 Å². The lowest BCUT2D eigenvalue weighted by Gasteiger charge is -2.09. The van der Waals surface area contributed by atoms with Gasteiger partial charge in [0.05, 0.1) is 17.0 Å². The van der Waals surface area contributed by atoms with Crippen molar-refractivity contribution in [3.8, 4) is 16.5 Å². The first-order chi connectivity index (χ1) is 14.2. The summed E-state index contributed by atoms with van der Waals surface area (Å²) in [6.07, 6.45) is 2.75. The van der Waals surface area contributed by atoms with Gasteiger partial charge in [0.2, 0.25) is 11.9 Å². The number of anilines is 1. The van der Waals surface area contributed by atoms with Crippen LogP contribution in [0, 0.1) is 0 Å². The molecule has 0 spiro atoms. The van der Waals surface area contributed by atoms with Gasteiger partial charge in [0, 0.05) is 16.5 Å². The number of rotatable bonds is 5. The third kappa shape index (κ3) is 3.54. The summed E-state index contributed by atoms with van der Waals surface area (Å²) in [5.41, 5.74) is 2.15.